The highest BCUT2D eigenvalue weighted by atomic mass is 32.2. The van der Waals surface area contributed by atoms with E-state index in [1.54, 1.807) is 23.1 Å². The number of rotatable bonds is 6. The van der Waals surface area contributed by atoms with Gasteiger partial charge in [-0.25, -0.2) is 8.42 Å². The Morgan fingerprint density at radius 3 is 2.48 bits per heavy atom. The van der Waals surface area contributed by atoms with E-state index >= 15 is 0 Å². The van der Waals surface area contributed by atoms with E-state index in [0.717, 1.165) is 18.2 Å². The number of hydrogen-bond donors (Lipinski definition) is 1. The molecular weight excluding hydrogens is 364 g/mol. The Morgan fingerprint density at radius 2 is 1.78 bits per heavy atom. The van der Waals surface area contributed by atoms with Crippen molar-refractivity contribution >= 4 is 27.3 Å². The van der Waals surface area contributed by atoms with Crippen LogP contribution in [0.15, 0.2) is 59.5 Å². The highest BCUT2D eigenvalue weighted by Gasteiger charge is 2.34. The molecule has 1 saturated heterocycles. The first kappa shape index (κ1) is 19.1. The van der Waals surface area contributed by atoms with Gasteiger partial charge >= 0.3 is 0 Å². The van der Waals surface area contributed by atoms with Crippen LogP contribution < -0.4 is 5.32 Å². The summed E-state index contributed by atoms with van der Waals surface area (Å²) in [5.74, 6) is -0.870. The minimum Gasteiger partial charge on any atom is -0.342 e. The van der Waals surface area contributed by atoms with Crippen molar-refractivity contribution in [2.24, 2.45) is 5.92 Å². The molecule has 1 N–H and O–H groups in total. The van der Waals surface area contributed by atoms with Crippen LogP contribution in [0.2, 0.25) is 0 Å². The van der Waals surface area contributed by atoms with Crippen molar-refractivity contribution in [1.29, 1.82) is 0 Å². The van der Waals surface area contributed by atoms with E-state index in [1.165, 1.54) is 6.07 Å². The molecular formula is C20H22N2O4S. The van der Waals surface area contributed by atoms with E-state index in [0.29, 0.717) is 13.1 Å². The molecule has 1 heterocycles. The summed E-state index contributed by atoms with van der Waals surface area (Å²) in [7, 11) is -3.46. The standard InChI is InChI=1S/C20H22N2O4S/c1-27(25,26)18-10-6-5-9-17(18)21-20(24)16-13-19(23)22(14-16)12-11-15-7-3-2-4-8-15/h2-10,16H,11-14H2,1H3,(H,21,24). The van der Waals surface area contributed by atoms with Crippen LogP contribution in [0, 0.1) is 5.92 Å². The molecule has 6 nitrogen and oxygen atoms in total. The number of nitrogens with zero attached hydrogens (tertiary/aromatic N) is 1. The SMILES string of the molecule is CS(=O)(=O)c1ccccc1NC(=O)C1CC(=O)N(CCc2ccccc2)C1. The third-order valence-electron chi connectivity index (χ3n) is 4.64. The Hall–Kier alpha value is -2.67. The van der Waals surface area contributed by atoms with E-state index in [1.807, 2.05) is 30.3 Å². The molecule has 0 saturated carbocycles. The van der Waals surface area contributed by atoms with Crippen LogP contribution in [0.3, 0.4) is 0 Å². The summed E-state index contributed by atoms with van der Waals surface area (Å²) in [5.41, 5.74) is 1.39. The van der Waals surface area contributed by atoms with Gasteiger partial charge in [-0.15, -0.1) is 0 Å². The second-order valence-electron chi connectivity index (χ2n) is 6.73. The van der Waals surface area contributed by atoms with Crippen LogP contribution in [0.25, 0.3) is 0 Å². The minimum absolute atomic E-state index is 0.0533. The van der Waals surface area contributed by atoms with Crippen molar-refractivity contribution < 1.29 is 18.0 Å². The molecule has 0 spiro atoms. The summed E-state index contributed by atoms with van der Waals surface area (Å²) >= 11 is 0. The average Bonchev–Trinajstić information content (AvgIpc) is 3.01. The van der Waals surface area contributed by atoms with Crippen LogP contribution in [0.5, 0.6) is 0 Å². The van der Waals surface area contributed by atoms with Gasteiger partial charge in [0, 0.05) is 25.8 Å². The van der Waals surface area contributed by atoms with Gasteiger partial charge in [0.25, 0.3) is 0 Å². The lowest BCUT2D eigenvalue weighted by molar-refractivity contribution is -0.128. The fourth-order valence-corrected chi connectivity index (χ4v) is 4.04. The van der Waals surface area contributed by atoms with Gasteiger partial charge in [0.05, 0.1) is 16.5 Å². The molecule has 27 heavy (non-hydrogen) atoms. The molecule has 2 aromatic rings. The Morgan fingerprint density at radius 1 is 1.11 bits per heavy atom. The van der Waals surface area contributed by atoms with Gasteiger partial charge in [-0.1, -0.05) is 42.5 Å². The summed E-state index contributed by atoms with van der Waals surface area (Å²) in [6.07, 6.45) is 1.97. The van der Waals surface area contributed by atoms with Crippen molar-refractivity contribution in [3.8, 4) is 0 Å². The molecule has 1 aliphatic heterocycles. The quantitative estimate of drug-likeness (QED) is 0.824. The normalized spacial score (nSPS) is 17.1. The van der Waals surface area contributed by atoms with Crippen LogP contribution in [0.4, 0.5) is 5.69 Å². The summed E-state index contributed by atoms with van der Waals surface area (Å²) < 4.78 is 23.7. The predicted octanol–water partition coefficient (Wildman–Crippen LogP) is 2.12. The first-order valence-electron chi connectivity index (χ1n) is 8.76. The maximum absolute atomic E-state index is 12.6. The number of anilines is 1. The van der Waals surface area contributed by atoms with Crippen molar-refractivity contribution in [2.45, 2.75) is 17.7 Å². The lowest BCUT2D eigenvalue weighted by Crippen LogP contribution is -2.30. The average molecular weight is 386 g/mol. The largest absolute Gasteiger partial charge is 0.342 e. The van der Waals surface area contributed by atoms with Gasteiger partial charge in [0.2, 0.25) is 11.8 Å². The number of carbonyl (C=O) groups excluding carboxylic acids is 2. The fourth-order valence-electron chi connectivity index (χ4n) is 3.20. The number of carbonyl (C=O) groups is 2. The lowest BCUT2D eigenvalue weighted by Gasteiger charge is -2.17. The maximum atomic E-state index is 12.6. The fraction of sp³-hybridized carbons (Fsp3) is 0.300. The Kier molecular flexibility index (Phi) is 5.60. The van der Waals surface area contributed by atoms with Gasteiger partial charge in [-0.2, -0.15) is 0 Å². The molecule has 1 aliphatic rings. The monoisotopic (exact) mass is 386 g/mol. The summed E-state index contributed by atoms with van der Waals surface area (Å²) in [5, 5.41) is 2.68. The number of benzene rings is 2. The van der Waals surface area contributed by atoms with Gasteiger partial charge in [0.1, 0.15) is 0 Å². The van der Waals surface area contributed by atoms with Crippen LogP contribution >= 0.6 is 0 Å². The third kappa shape index (κ3) is 4.74. The first-order valence-corrected chi connectivity index (χ1v) is 10.7. The Bertz CT molecular complexity index is 941. The lowest BCUT2D eigenvalue weighted by atomic mass is 10.1. The van der Waals surface area contributed by atoms with Crippen molar-refractivity contribution in [2.75, 3.05) is 24.7 Å². The number of nitrogens with one attached hydrogen (secondary N) is 1. The van der Waals surface area contributed by atoms with Gasteiger partial charge in [-0.3, -0.25) is 9.59 Å². The van der Waals surface area contributed by atoms with E-state index in [4.69, 9.17) is 0 Å². The molecule has 1 atom stereocenters. The van der Waals surface area contributed by atoms with Gasteiger partial charge in [-0.05, 0) is 24.1 Å². The molecule has 7 heteroatoms. The van der Waals surface area contributed by atoms with Crippen LogP contribution in [-0.2, 0) is 25.8 Å². The first-order chi connectivity index (χ1) is 12.8. The molecule has 142 valence electrons. The minimum atomic E-state index is -3.46. The Balaban J connectivity index is 1.63. The molecule has 2 amide bonds. The Labute approximate surface area is 159 Å². The van der Waals surface area contributed by atoms with E-state index in [2.05, 4.69) is 5.32 Å². The number of hydrogen-bond acceptors (Lipinski definition) is 4. The van der Waals surface area contributed by atoms with Gasteiger partial charge < -0.3 is 10.2 Å². The molecule has 3 rings (SSSR count). The van der Waals surface area contributed by atoms with E-state index in [9.17, 15) is 18.0 Å². The molecule has 1 fully saturated rings. The molecule has 2 aromatic carbocycles. The topological polar surface area (TPSA) is 83.5 Å². The smallest absolute Gasteiger partial charge is 0.229 e. The van der Waals surface area contributed by atoms with Gasteiger partial charge in [0.15, 0.2) is 9.84 Å². The molecule has 0 bridgehead atoms. The summed E-state index contributed by atoms with van der Waals surface area (Å²) in [6.45, 7) is 0.908. The highest BCUT2D eigenvalue weighted by molar-refractivity contribution is 7.90. The molecule has 0 aliphatic carbocycles. The van der Waals surface area contributed by atoms with Crippen molar-refractivity contribution in [1.82, 2.24) is 4.90 Å². The summed E-state index contributed by atoms with van der Waals surface area (Å²) in [4.78, 5) is 26.6. The van der Waals surface area contributed by atoms with Crippen LogP contribution in [-0.4, -0.2) is 44.5 Å². The zero-order valence-corrected chi connectivity index (χ0v) is 15.9. The van der Waals surface area contributed by atoms with E-state index < -0.39 is 15.8 Å². The highest BCUT2D eigenvalue weighted by Crippen LogP contribution is 2.24. The predicted molar refractivity (Wildman–Crippen MR) is 103 cm³/mol. The molecule has 0 aromatic heterocycles. The maximum Gasteiger partial charge on any atom is 0.229 e. The number of para-hydroxylation sites is 1. The van der Waals surface area contributed by atoms with Crippen molar-refractivity contribution in [3.05, 3.63) is 60.2 Å². The third-order valence-corrected chi connectivity index (χ3v) is 5.80. The number of sulfone groups is 1. The second kappa shape index (κ2) is 7.92. The molecule has 0 radical (unpaired) electrons. The summed E-state index contributed by atoms with van der Waals surface area (Å²) in [6, 6.07) is 16.1. The molecule has 1 unspecified atom stereocenters. The number of likely N-dealkylation sites (tertiary alicyclic amines) is 1. The van der Waals surface area contributed by atoms with Crippen LogP contribution in [0.1, 0.15) is 12.0 Å². The zero-order valence-electron chi connectivity index (χ0n) is 15.1. The van der Waals surface area contributed by atoms with E-state index in [-0.39, 0.29) is 28.8 Å². The van der Waals surface area contributed by atoms with Crippen molar-refractivity contribution in [3.63, 3.8) is 0 Å². The number of amides is 2. The second-order valence-corrected chi connectivity index (χ2v) is 8.72. The zero-order chi connectivity index (χ0) is 19.4.